The van der Waals surface area contributed by atoms with Crippen LogP contribution < -0.4 is 27.0 Å². The lowest BCUT2D eigenvalue weighted by Gasteiger charge is -2.43. The first kappa shape index (κ1) is 26.4. The van der Waals surface area contributed by atoms with E-state index < -0.39 is 12.2 Å². The third-order valence-corrected chi connectivity index (χ3v) is 10.8. The van der Waals surface area contributed by atoms with Crippen molar-refractivity contribution in [1.29, 1.82) is 0 Å². The van der Waals surface area contributed by atoms with Crippen LogP contribution in [0.5, 0.6) is 0 Å². The van der Waals surface area contributed by atoms with E-state index >= 15 is 0 Å². The number of nitrogens with zero attached hydrogens (tertiary/aromatic N) is 2. The minimum absolute atomic E-state index is 0.00545. The van der Waals surface area contributed by atoms with Crippen LogP contribution in [0.1, 0.15) is 50.0 Å². The van der Waals surface area contributed by atoms with Gasteiger partial charge in [-0.25, -0.2) is 0 Å². The van der Waals surface area contributed by atoms with Gasteiger partial charge in [0, 0.05) is 49.6 Å². The molecule has 4 heterocycles. The fourth-order valence-electron chi connectivity index (χ4n) is 8.16. The summed E-state index contributed by atoms with van der Waals surface area (Å²) in [5, 5.41) is 36.2. The molecule has 216 valence electrons. The molecule has 8 unspecified atom stereocenters. The van der Waals surface area contributed by atoms with Gasteiger partial charge in [-0.05, 0) is 69.2 Å². The molecule has 0 bridgehead atoms. The molecule has 3 saturated heterocycles. The van der Waals surface area contributed by atoms with Gasteiger partial charge in [-0.15, -0.1) is 0 Å². The van der Waals surface area contributed by atoms with Gasteiger partial charge in [-0.2, -0.15) is 0 Å². The zero-order valence-corrected chi connectivity index (χ0v) is 23.1. The molecule has 39 heavy (non-hydrogen) atoms. The van der Waals surface area contributed by atoms with E-state index in [4.69, 9.17) is 10.5 Å². The van der Waals surface area contributed by atoms with Crippen molar-refractivity contribution < 1.29 is 14.9 Å². The molecule has 2 aliphatic carbocycles. The van der Waals surface area contributed by atoms with E-state index in [2.05, 4.69) is 56.3 Å². The van der Waals surface area contributed by atoms with E-state index in [-0.39, 0.29) is 24.3 Å². The van der Waals surface area contributed by atoms with E-state index in [0.717, 1.165) is 51.5 Å². The van der Waals surface area contributed by atoms with Crippen LogP contribution in [0.15, 0.2) is 18.2 Å². The molecule has 7 rings (SSSR count). The van der Waals surface area contributed by atoms with Crippen molar-refractivity contribution in [2.75, 3.05) is 50.7 Å². The first-order valence-corrected chi connectivity index (χ1v) is 15.2. The summed E-state index contributed by atoms with van der Waals surface area (Å²) in [7, 11) is 2.20. The Morgan fingerprint density at radius 1 is 1.05 bits per heavy atom. The summed E-state index contributed by atoms with van der Waals surface area (Å²) in [5.74, 6) is 1.76. The van der Waals surface area contributed by atoms with Gasteiger partial charge < -0.3 is 36.2 Å². The Balaban J connectivity index is 0.851. The van der Waals surface area contributed by atoms with Crippen LogP contribution in [-0.4, -0.2) is 103 Å². The lowest BCUT2D eigenvalue weighted by atomic mass is 9.76. The number of aliphatic hydroxyl groups excluding tert-OH is 2. The number of benzene rings is 1. The number of fused-ring (bicyclic) bond motifs is 2. The number of anilines is 2. The van der Waals surface area contributed by atoms with Gasteiger partial charge in [0.2, 0.25) is 0 Å². The van der Waals surface area contributed by atoms with Crippen molar-refractivity contribution >= 4 is 11.4 Å². The molecule has 1 aromatic carbocycles. The normalized spacial score (nSPS) is 42.0. The Hall–Kier alpha value is -1.50. The molecule has 4 aliphatic heterocycles. The standard InChI is InChI=1S/C29H47N7O3/c1-35(12-18-11-24(27(38)26(18)37)36-7-6-21-28(30)31-15-32-29(21)36)20-8-16(9-20)2-5-25-33-22-4-3-17(10-23(22)34-25)19-13-39-14-19/h3-4,10,16,18-21,24-29,31-34,37-38H,2,5-9,11-15,30H2,1H3. The number of nitrogens with one attached hydrogen (secondary N) is 4. The number of likely N-dealkylation sites (tertiary alicyclic amines) is 1. The van der Waals surface area contributed by atoms with Gasteiger partial charge in [0.25, 0.3) is 0 Å². The van der Waals surface area contributed by atoms with Gasteiger partial charge in [0.1, 0.15) is 0 Å². The second-order valence-electron chi connectivity index (χ2n) is 13.2. The number of aliphatic hydroxyl groups is 2. The summed E-state index contributed by atoms with van der Waals surface area (Å²) in [6.07, 6.45) is 5.79. The summed E-state index contributed by atoms with van der Waals surface area (Å²) in [6, 6.07) is 7.31. The fraction of sp³-hybridized carbons (Fsp3) is 0.793. The van der Waals surface area contributed by atoms with Crippen molar-refractivity contribution in [3.63, 3.8) is 0 Å². The summed E-state index contributed by atoms with van der Waals surface area (Å²) in [4.78, 5) is 4.82. The molecule has 6 aliphatic rings. The molecule has 0 aromatic heterocycles. The maximum absolute atomic E-state index is 11.0. The highest BCUT2D eigenvalue weighted by atomic mass is 16.5. The van der Waals surface area contributed by atoms with E-state index in [1.165, 1.54) is 36.2 Å². The monoisotopic (exact) mass is 541 g/mol. The van der Waals surface area contributed by atoms with Gasteiger partial charge in [-0.1, -0.05) is 6.07 Å². The maximum Gasteiger partial charge on any atom is 0.0964 e. The van der Waals surface area contributed by atoms with E-state index in [1.54, 1.807) is 0 Å². The molecular weight excluding hydrogens is 494 g/mol. The lowest BCUT2D eigenvalue weighted by Crippen LogP contribution is -2.64. The lowest BCUT2D eigenvalue weighted by molar-refractivity contribution is -0.0279. The molecule has 0 amide bonds. The van der Waals surface area contributed by atoms with Crippen molar-refractivity contribution in [3.05, 3.63) is 23.8 Å². The highest BCUT2D eigenvalue weighted by Crippen LogP contribution is 2.41. The van der Waals surface area contributed by atoms with Gasteiger partial charge in [-0.3, -0.25) is 15.5 Å². The molecule has 1 aromatic rings. The van der Waals surface area contributed by atoms with Gasteiger partial charge in [0.05, 0.1) is 55.3 Å². The van der Waals surface area contributed by atoms with Crippen molar-refractivity contribution in [2.45, 2.75) is 87.2 Å². The first-order chi connectivity index (χ1) is 18.9. The van der Waals surface area contributed by atoms with E-state index in [9.17, 15) is 10.2 Å². The Morgan fingerprint density at radius 2 is 1.87 bits per heavy atom. The minimum Gasteiger partial charge on any atom is -0.390 e. The second kappa shape index (κ2) is 10.7. The number of rotatable bonds is 8. The zero-order valence-electron chi connectivity index (χ0n) is 23.1. The molecule has 0 spiro atoms. The largest absolute Gasteiger partial charge is 0.390 e. The van der Waals surface area contributed by atoms with Crippen LogP contribution in [0.2, 0.25) is 0 Å². The third-order valence-electron chi connectivity index (χ3n) is 10.8. The topological polar surface area (TPSA) is 130 Å². The number of ether oxygens (including phenoxy) is 1. The highest BCUT2D eigenvalue weighted by molar-refractivity contribution is 5.75. The SMILES string of the molecule is CN(CC1CC(N2CCC3C(N)NCNC32)C(O)C1O)C1CC(CCC2Nc3ccc(C4COC4)cc3N2)C1. The van der Waals surface area contributed by atoms with Crippen molar-refractivity contribution in [3.8, 4) is 0 Å². The Kier molecular flexibility index (Phi) is 7.26. The van der Waals surface area contributed by atoms with Gasteiger partial charge >= 0.3 is 0 Å². The summed E-state index contributed by atoms with van der Waals surface area (Å²) < 4.78 is 5.36. The van der Waals surface area contributed by atoms with E-state index in [1.807, 2.05) is 0 Å². The quantitative estimate of drug-likeness (QED) is 0.252. The summed E-state index contributed by atoms with van der Waals surface area (Å²) in [6.45, 7) is 4.15. The average molecular weight is 542 g/mol. The molecule has 8 atom stereocenters. The number of nitrogens with two attached hydrogens (primary N) is 1. The van der Waals surface area contributed by atoms with Crippen LogP contribution in [0.3, 0.4) is 0 Å². The Labute approximate surface area is 232 Å². The van der Waals surface area contributed by atoms with Crippen LogP contribution >= 0.6 is 0 Å². The van der Waals surface area contributed by atoms with Crippen LogP contribution in [0.4, 0.5) is 11.4 Å². The molecule has 8 N–H and O–H groups in total. The molecule has 0 radical (unpaired) electrons. The Morgan fingerprint density at radius 3 is 2.67 bits per heavy atom. The zero-order chi connectivity index (χ0) is 26.7. The average Bonchev–Trinajstić information content (AvgIpc) is 3.54. The van der Waals surface area contributed by atoms with E-state index in [0.29, 0.717) is 30.7 Å². The second-order valence-corrected chi connectivity index (χ2v) is 13.2. The molecule has 10 nitrogen and oxygen atoms in total. The Bertz CT molecular complexity index is 1020. The molecule has 2 saturated carbocycles. The maximum atomic E-state index is 11.0. The molecular formula is C29H47N7O3. The highest BCUT2D eigenvalue weighted by Gasteiger charge is 2.50. The number of hydrogen-bond acceptors (Lipinski definition) is 10. The number of hydrogen-bond donors (Lipinski definition) is 7. The van der Waals surface area contributed by atoms with Crippen molar-refractivity contribution in [2.24, 2.45) is 23.5 Å². The fourth-order valence-corrected chi connectivity index (χ4v) is 8.16. The summed E-state index contributed by atoms with van der Waals surface area (Å²) >= 11 is 0. The van der Waals surface area contributed by atoms with Crippen LogP contribution in [-0.2, 0) is 4.74 Å². The summed E-state index contributed by atoms with van der Waals surface area (Å²) in [5.41, 5.74) is 10.1. The predicted molar refractivity (Wildman–Crippen MR) is 151 cm³/mol. The smallest absolute Gasteiger partial charge is 0.0964 e. The third kappa shape index (κ3) is 4.97. The van der Waals surface area contributed by atoms with Crippen LogP contribution in [0.25, 0.3) is 0 Å². The first-order valence-electron chi connectivity index (χ1n) is 15.2. The van der Waals surface area contributed by atoms with Gasteiger partial charge in [0.15, 0.2) is 0 Å². The predicted octanol–water partition coefficient (Wildman–Crippen LogP) is 0.648. The molecule has 10 heteroatoms. The minimum atomic E-state index is -0.696. The van der Waals surface area contributed by atoms with Crippen LogP contribution in [0, 0.1) is 17.8 Å². The van der Waals surface area contributed by atoms with Crippen molar-refractivity contribution in [1.82, 2.24) is 20.4 Å². The molecule has 5 fully saturated rings.